The molecule has 176 valence electrons. The number of aliphatic carboxylic acids is 1. The molecule has 0 bridgehead atoms. The fraction of sp³-hybridized carbons (Fsp3) is 0.615. The number of aromatic carboxylic acids is 1. The summed E-state index contributed by atoms with van der Waals surface area (Å²) in [6, 6.07) is 6.79. The van der Waals surface area contributed by atoms with Crippen LogP contribution in [0.3, 0.4) is 0 Å². The molecule has 0 aromatic heterocycles. The largest absolute Gasteiger partial charge is 2.00 e. The van der Waals surface area contributed by atoms with Gasteiger partial charge in [0.25, 0.3) is 0 Å². The SMILES string of the molecule is CCCCCCCCC(=O)[O-].CCc1cccc(C(=O)[O-])c1.[CH2]CCC.[CH2]CCC.[Sn+2]. The van der Waals surface area contributed by atoms with Crippen molar-refractivity contribution in [2.24, 2.45) is 0 Å². The maximum atomic E-state index is 10.4. The number of unbranched alkanes of at least 4 members (excludes halogenated alkanes) is 7. The first-order valence-electron chi connectivity index (χ1n) is 11.4. The van der Waals surface area contributed by atoms with E-state index in [-0.39, 0.29) is 35.9 Å². The molecule has 0 unspecified atom stereocenters. The van der Waals surface area contributed by atoms with Crippen molar-refractivity contribution in [1.29, 1.82) is 0 Å². The van der Waals surface area contributed by atoms with E-state index in [1.807, 2.05) is 13.0 Å². The van der Waals surface area contributed by atoms with E-state index in [4.69, 9.17) is 0 Å². The Morgan fingerprint density at radius 3 is 1.68 bits per heavy atom. The van der Waals surface area contributed by atoms with Gasteiger partial charge in [-0.25, -0.2) is 0 Å². The number of carbonyl (C=O) groups is 2. The van der Waals surface area contributed by atoms with Gasteiger partial charge >= 0.3 is 23.9 Å². The standard InChI is InChI=1S/C9H10O2.C9H18O2.2C4H9.Sn/c1-2-7-4-3-5-8(6-7)9(10)11;1-2-3-4-5-6-7-8-9(10)11;2*1-3-4-2;/h3-6H,2H2,1H3,(H,10,11);2-8H2,1H3,(H,10,11);2*1,3-4H2,2H3;/q;;;;+2/p-2. The Kier molecular flexibility index (Phi) is 37.5. The Labute approximate surface area is 209 Å². The molecular weight excluding hydrogens is 495 g/mol. The van der Waals surface area contributed by atoms with E-state index in [2.05, 4.69) is 34.6 Å². The van der Waals surface area contributed by atoms with Gasteiger partial charge in [0.2, 0.25) is 0 Å². The third kappa shape index (κ3) is 33.8. The molecule has 0 saturated heterocycles. The molecule has 0 heterocycles. The number of carboxylic acids is 2. The molecule has 1 rings (SSSR count). The Morgan fingerprint density at radius 1 is 0.806 bits per heavy atom. The van der Waals surface area contributed by atoms with Crippen molar-refractivity contribution in [3.8, 4) is 0 Å². The fourth-order valence-electron chi connectivity index (χ4n) is 1.97. The summed E-state index contributed by atoms with van der Waals surface area (Å²) in [5.74, 6) is -2.03. The molecule has 0 amide bonds. The first kappa shape index (κ1) is 37.3. The van der Waals surface area contributed by atoms with Crippen molar-refractivity contribution >= 4 is 35.8 Å². The molecule has 4 nitrogen and oxygen atoms in total. The maximum Gasteiger partial charge on any atom is 2.00 e. The van der Waals surface area contributed by atoms with Crippen LogP contribution >= 0.6 is 0 Å². The number of hydrogen-bond donors (Lipinski definition) is 0. The summed E-state index contributed by atoms with van der Waals surface area (Å²) in [7, 11) is 0. The van der Waals surface area contributed by atoms with Crippen LogP contribution in [-0.4, -0.2) is 35.8 Å². The van der Waals surface area contributed by atoms with Crippen LogP contribution in [0.25, 0.3) is 0 Å². The second-order valence-corrected chi connectivity index (χ2v) is 6.94. The van der Waals surface area contributed by atoms with Gasteiger partial charge in [-0.1, -0.05) is 118 Å². The second-order valence-electron chi connectivity index (χ2n) is 6.94. The van der Waals surface area contributed by atoms with Crippen LogP contribution < -0.4 is 10.2 Å². The summed E-state index contributed by atoms with van der Waals surface area (Å²) in [6.45, 7) is 15.6. The predicted molar refractivity (Wildman–Crippen MR) is 129 cm³/mol. The van der Waals surface area contributed by atoms with Gasteiger partial charge in [-0.3, -0.25) is 0 Å². The topological polar surface area (TPSA) is 80.3 Å². The minimum absolute atomic E-state index is 0. The van der Waals surface area contributed by atoms with Gasteiger partial charge in [0.05, 0.1) is 5.97 Å². The summed E-state index contributed by atoms with van der Waals surface area (Å²) in [6.07, 6.45) is 12.4. The van der Waals surface area contributed by atoms with Gasteiger partial charge in [0, 0.05) is 5.97 Å². The second kappa shape index (κ2) is 31.1. The Bertz CT molecular complexity index is 496. The molecule has 4 radical (unpaired) electrons. The molecular formula is C26H44O4Sn. The predicted octanol–water partition coefficient (Wildman–Crippen LogP) is 4.96. The monoisotopic (exact) mass is 540 g/mol. The summed E-state index contributed by atoms with van der Waals surface area (Å²) >= 11 is 0. The van der Waals surface area contributed by atoms with Crippen LogP contribution in [0, 0.1) is 13.8 Å². The van der Waals surface area contributed by atoms with Crippen molar-refractivity contribution in [3.63, 3.8) is 0 Å². The fourth-order valence-corrected chi connectivity index (χ4v) is 1.97. The van der Waals surface area contributed by atoms with Gasteiger partial charge in [0.15, 0.2) is 0 Å². The average molecular weight is 539 g/mol. The third-order valence-corrected chi connectivity index (χ3v) is 4.01. The smallest absolute Gasteiger partial charge is 0.550 e. The summed E-state index contributed by atoms with van der Waals surface area (Å²) in [5, 5.41) is 20.3. The van der Waals surface area contributed by atoms with Crippen LogP contribution in [0.1, 0.15) is 114 Å². The number of rotatable bonds is 11. The first-order valence-corrected chi connectivity index (χ1v) is 11.4. The van der Waals surface area contributed by atoms with Crippen LogP contribution in [0.5, 0.6) is 0 Å². The molecule has 0 atom stereocenters. The van der Waals surface area contributed by atoms with E-state index >= 15 is 0 Å². The summed E-state index contributed by atoms with van der Waals surface area (Å²) < 4.78 is 0. The number of aryl methyl sites for hydroxylation is 1. The van der Waals surface area contributed by atoms with E-state index in [0.29, 0.717) is 0 Å². The molecule has 1 aromatic rings. The van der Waals surface area contributed by atoms with Gasteiger partial charge < -0.3 is 19.8 Å². The molecule has 0 spiro atoms. The van der Waals surface area contributed by atoms with Crippen LogP contribution in [0.2, 0.25) is 0 Å². The van der Waals surface area contributed by atoms with Crippen molar-refractivity contribution in [2.75, 3.05) is 0 Å². The zero-order chi connectivity index (χ0) is 23.6. The normalized spacial score (nSPS) is 8.84. The quantitative estimate of drug-likeness (QED) is 0.294. The molecule has 0 aliphatic rings. The van der Waals surface area contributed by atoms with Crippen molar-refractivity contribution in [1.82, 2.24) is 0 Å². The van der Waals surface area contributed by atoms with Crippen molar-refractivity contribution in [2.45, 2.75) is 105 Å². The molecule has 1 aromatic carbocycles. The van der Waals surface area contributed by atoms with Crippen molar-refractivity contribution in [3.05, 3.63) is 49.2 Å². The van der Waals surface area contributed by atoms with Crippen LogP contribution in [0.4, 0.5) is 0 Å². The number of carboxylic acid groups (broad SMARTS) is 2. The van der Waals surface area contributed by atoms with E-state index in [0.717, 1.165) is 37.7 Å². The molecule has 31 heavy (non-hydrogen) atoms. The minimum Gasteiger partial charge on any atom is -0.550 e. The van der Waals surface area contributed by atoms with Crippen molar-refractivity contribution < 1.29 is 19.8 Å². The molecule has 0 N–H and O–H groups in total. The van der Waals surface area contributed by atoms with Gasteiger partial charge in [-0.05, 0) is 36.5 Å². The number of benzene rings is 1. The van der Waals surface area contributed by atoms with Gasteiger partial charge in [0.1, 0.15) is 0 Å². The molecule has 0 saturated carbocycles. The van der Waals surface area contributed by atoms with E-state index < -0.39 is 11.9 Å². The minimum atomic E-state index is -1.11. The first-order chi connectivity index (χ1) is 14.3. The van der Waals surface area contributed by atoms with E-state index in [1.54, 1.807) is 12.1 Å². The number of hydrogen-bond acceptors (Lipinski definition) is 4. The Balaban J connectivity index is -0.000000172. The molecule has 0 fully saturated rings. The van der Waals surface area contributed by atoms with Crippen LogP contribution in [0.15, 0.2) is 24.3 Å². The Hall–Kier alpha value is -1.04. The summed E-state index contributed by atoms with van der Waals surface area (Å²) in [5.41, 5.74) is 1.27. The van der Waals surface area contributed by atoms with Gasteiger partial charge in [-0.2, -0.15) is 0 Å². The zero-order valence-corrected chi connectivity index (χ0v) is 23.2. The Morgan fingerprint density at radius 2 is 1.29 bits per heavy atom. The molecule has 0 aliphatic carbocycles. The van der Waals surface area contributed by atoms with E-state index in [1.165, 1.54) is 44.6 Å². The van der Waals surface area contributed by atoms with Gasteiger partial charge in [-0.15, -0.1) is 0 Å². The van der Waals surface area contributed by atoms with Crippen LogP contribution in [-0.2, 0) is 11.2 Å². The number of carbonyl (C=O) groups excluding carboxylic acids is 2. The van der Waals surface area contributed by atoms with E-state index in [9.17, 15) is 19.8 Å². The maximum absolute atomic E-state index is 10.4. The summed E-state index contributed by atoms with van der Waals surface area (Å²) in [4.78, 5) is 20.3. The molecule has 0 aliphatic heterocycles. The molecule has 5 heteroatoms. The average Bonchev–Trinajstić information content (AvgIpc) is 2.76. The zero-order valence-electron chi connectivity index (χ0n) is 20.3. The third-order valence-electron chi connectivity index (χ3n) is 4.01.